The lowest BCUT2D eigenvalue weighted by Crippen LogP contribution is -2.04. The number of ether oxygens (including phenoxy) is 1. The summed E-state index contributed by atoms with van der Waals surface area (Å²) in [6, 6.07) is 2.24. The molecule has 0 radical (unpaired) electrons. The number of hydrogen-bond acceptors (Lipinski definition) is 4. The fourth-order valence-electron chi connectivity index (χ4n) is 1.21. The van der Waals surface area contributed by atoms with Crippen LogP contribution in [0.2, 0.25) is 5.02 Å². The molecule has 1 N–H and O–H groups in total. The maximum Gasteiger partial charge on any atom is 0.308 e. The lowest BCUT2D eigenvalue weighted by atomic mass is 10.1. The first-order valence-electron chi connectivity index (χ1n) is 4.18. The number of non-ortho nitro benzene ring substituents is 1. The summed E-state index contributed by atoms with van der Waals surface area (Å²) < 4.78 is 4.87. The fourth-order valence-corrected chi connectivity index (χ4v) is 1.48. The Balaban J connectivity index is 3.28. The topological polar surface area (TPSA) is 89.7 Å². The van der Waals surface area contributed by atoms with Gasteiger partial charge in [-0.05, 0) is 0 Å². The van der Waals surface area contributed by atoms with Crippen molar-refractivity contribution in [3.05, 3.63) is 32.8 Å². The van der Waals surface area contributed by atoms with Crippen molar-refractivity contribution in [2.45, 2.75) is 6.42 Å². The highest BCUT2D eigenvalue weighted by atomic mass is 35.5. The molecule has 0 atom stereocenters. The van der Waals surface area contributed by atoms with Crippen molar-refractivity contribution in [1.29, 1.82) is 0 Å². The predicted octanol–water partition coefficient (Wildman–Crippen LogP) is 1.88. The third-order valence-corrected chi connectivity index (χ3v) is 2.24. The number of nitro benzene ring substituents is 1. The molecule has 0 aliphatic rings. The average Bonchev–Trinajstić information content (AvgIpc) is 2.19. The summed E-state index contributed by atoms with van der Waals surface area (Å²) in [5, 5.41) is 19.2. The molecule has 0 bridgehead atoms. The molecule has 0 spiro atoms. The normalized spacial score (nSPS) is 9.88. The van der Waals surface area contributed by atoms with Crippen molar-refractivity contribution >= 4 is 23.3 Å². The summed E-state index contributed by atoms with van der Waals surface area (Å²) >= 11 is 5.75. The highest BCUT2D eigenvalue weighted by Gasteiger charge is 2.18. The number of carboxylic acids is 1. The molecule has 0 fully saturated rings. The third kappa shape index (κ3) is 2.60. The van der Waals surface area contributed by atoms with Crippen LogP contribution in [-0.4, -0.2) is 23.1 Å². The van der Waals surface area contributed by atoms with Crippen LogP contribution < -0.4 is 4.74 Å². The first-order chi connectivity index (χ1) is 7.45. The molecule has 0 aliphatic heterocycles. The van der Waals surface area contributed by atoms with E-state index in [4.69, 9.17) is 21.4 Å². The molecular formula is C9H8ClNO5. The minimum atomic E-state index is -1.09. The number of carboxylic acid groups (broad SMARTS) is 1. The molecule has 16 heavy (non-hydrogen) atoms. The van der Waals surface area contributed by atoms with Gasteiger partial charge in [0.05, 0.1) is 29.5 Å². The standard InChI is InChI=1S/C9H8ClNO5/c1-16-8-3-5(11(14)15)2-7(10)6(8)4-9(12)13/h2-3H,4H2,1H3,(H,12,13). The number of nitrogens with zero attached hydrogens (tertiary/aromatic N) is 1. The maximum absolute atomic E-state index is 10.6. The van der Waals surface area contributed by atoms with Crippen molar-refractivity contribution in [2.75, 3.05) is 7.11 Å². The Bertz CT molecular complexity index is 446. The van der Waals surface area contributed by atoms with Gasteiger partial charge in [-0.1, -0.05) is 11.6 Å². The van der Waals surface area contributed by atoms with Crippen molar-refractivity contribution in [2.24, 2.45) is 0 Å². The minimum Gasteiger partial charge on any atom is -0.496 e. The number of aliphatic carboxylic acids is 1. The van der Waals surface area contributed by atoms with Crippen LogP contribution in [0.4, 0.5) is 5.69 Å². The number of methoxy groups -OCH3 is 1. The smallest absolute Gasteiger partial charge is 0.308 e. The number of benzene rings is 1. The predicted molar refractivity (Wildman–Crippen MR) is 56.0 cm³/mol. The molecule has 0 aromatic heterocycles. The van der Waals surface area contributed by atoms with Gasteiger partial charge >= 0.3 is 5.97 Å². The molecular weight excluding hydrogens is 238 g/mol. The van der Waals surface area contributed by atoms with Crippen LogP contribution in [0.3, 0.4) is 0 Å². The van der Waals surface area contributed by atoms with Crippen molar-refractivity contribution in [1.82, 2.24) is 0 Å². The molecule has 6 nitrogen and oxygen atoms in total. The molecule has 1 aromatic rings. The zero-order valence-electron chi connectivity index (χ0n) is 8.27. The van der Waals surface area contributed by atoms with Crippen molar-refractivity contribution < 1.29 is 19.6 Å². The largest absolute Gasteiger partial charge is 0.496 e. The van der Waals surface area contributed by atoms with Crippen molar-refractivity contribution in [3.63, 3.8) is 0 Å². The van der Waals surface area contributed by atoms with Gasteiger partial charge < -0.3 is 9.84 Å². The van der Waals surface area contributed by atoms with E-state index in [9.17, 15) is 14.9 Å². The third-order valence-electron chi connectivity index (χ3n) is 1.90. The average molecular weight is 246 g/mol. The SMILES string of the molecule is COc1cc([N+](=O)[O-])cc(Cl)c1CC(=O)O. The van der Waals surface area contributed by atoms with Gasteiger partial charge in [-0.25, -0.2) is 0 Å². The van der Waals surface area contributed by atoms with E-state index < -0.39 is 10.9 Å². The van der Waals surface area contributed by atoms with Gasteiger partial charge in [0.15, 0.2) is 0 Å². The Labute approximate surface area is 95.6 Å². The summed E-state index contributed by atoms with van der Waals surface area (Å²) in [7, 11) is 1.29. The van der Waals surface area contributed by atoms with Crippen LogP contribution in [0.5, 0.6) is 5.75 Å². The highest BCUT2D eigenvalue weighted by molar-refractivity contribution is 6.32. The quantitative estimate of drug-likeness (QED) is 0.646. The van der Waals surface area contributed by atoms with E-state index in [2.05, 4.69) is 0 Å². The Morgan fingerprint density at radius 1 is 1.62 bits per heavy atom. The summed E-state index contributed by atoms with van der Waals surface area (Å²) in [5.74, 6) is -0.990. The molecule has 0 saturated heterocycles. The first-order valence-corrected chi connectivity index (χ1v) is 4.56. The van der Waals surface area contributed by atoms with Crippen LogP contribution in [-0.2, 0) is 11.2 Å². The molecule has 1 rings (SSSR count). The number of halogens is 1. The van der Waals surface area contributed by atoms with Gasteiger partial charge in [-0.15, -0.1) is 0 Å². The summed E-state index contributed by atoms with van der Waals surface area (Å²) in [5.41, 5.74) is -0.0155. The van der Waals surface area contributed by atoms with E-state index in [0.717, 1.165) is 12.1 Å². The Morgan fingerprint density at radius 3 is 2.69 bits per heavy atom. The van der Waals surface area contributed by atoms with E-state index in [-0.39, 0.29) is 28.4 Å². The number of carbonyl (C=O) groups is 1. The second kappa shape index (κ2) is 4.80. The Kier molecular flexibility index (Phi) is 3.68. The maximum atomic E-state index is 10.6. The molecule has 0 aliphatic carbocycles. The summed E-state index contributed by atoms with van der Waals surface area (Å²) in [4.78, 5) is 20.5. The number of nitro groups is 1. The first kappa shape index (κ1) is 12.3. The van der Waals surface area contributed by atoms with E-state index >= 15 is 0 Å². The molecule has 86 valence electrons. The Hall–Kier alpha value is -1.82. The van der Waals surface area contributed by atoms with E-state index in [1.54, 1.807) is 0 Å². The van der Waals surface area contributed by atoms with Crippen LogP contribution in [0.1, 0.15) is 5.56 Å². The Morgan fingerprint density at radius 2 is 2.25 bits per heavy atom. The second-order valence-corrected chi connectivity index (χ2v) is 3.34. The summed E-state index contributed by atoms with van der Waals surface area (Å²) in [6.07, 6.45) is -0.347. The van der Waals surface area contributed by atoms with Gasteiger partial charge in [0.2, 0.25) is 0 Å². The van der Waals surface area contributed by atoms with Gasteiger partial charge in [0, 0.05) is 11.6 Å². The molecule has 0 unspecified atom stereocenters. The van der Waals surface area contributed by atoms with Gasteiger partial charge in [0.25, 0.3) is 5.69 Å². The van der Waals surface area contributed by atoms with Crippen molar-refractivity contribution in [3.8, 4) is 5.75 Å². The van der Waals surface area contributed by atoms with Crippen LogP contribution in [0.25, 0.3) is 0 Å². The molecule has 0 amide bonds. The van der Waals surface area contributed by atoms with Gasteiger partial charge in [0.1, 0.15) is 5.75 Å². The van der Waals surface area contributed by atoms with Crippen LogP contribution >= 0.6 is 11.6 Å². The lowest BCUT2D eigenvalue weighted by Gasteiger charge is -2.08. The highest BCUT2D eigenvalue weighted by Crippen LogP contribution is 2.32. The second-order valence-electron chi connectivity index (χ2n) is 2.94. The molecule has 7 heteroatoms. The number of rotatable bonds is 4. The fraction of sp³-hybridized carbons (Fsp3) is 0.222. The zero-order chi connectivity index (χ0) is 12.3. The zero-order valence-corrected chi connectivity index (χ0v) is 9.02. The minimum absolute atomic E-state index is 0.00782. The summed E-state index contributed by atoms with van der Waals surface area (Å²) in [6.45, 7) is 0. The van der Waals surface area contributed by atoms with Crippen LogP contribution in [0.15, 0.2) is 12.1 Å². The molecule has 0 saturated carbocycles. The monoisotopic (exact) mass is 245 g/mol. The molecule has 1 aromatic carbocycles. The molecule has 0 heterocycles. The van der Waals surface area contributed by atoms with E-state index in [1.807, 2.05) is 0 Å². The van der Waals surface area contributed by atoms with Gasteiger partial charge in [-0.3, -0.25) is 14.9 Å². The lowest BCUT2D eigenvalue weighted by molar-refractivity contribution is -0.384. The van der Waals surface area contributed by atoms with Crippen LogP contribution in [0, 0.1) is 10.1 Å². The van der Waals surface area contributed by atoms with E-state index in [1.165, 1.54) is 7.11 Å². The van der Waals surface area contributed by atoms with Gasteiger partial charge in [-0.2, -0.15) is 0 Å². The number of hydrogen-bond donors (Lipinski definition) is 1. The van der Waals surface area contributed by atoms with E-state index in [0.29, 0.717) is 0 Å².